The van der Waals surface area contributed by atoms with E-state index >= 15 is 0 Å². The van der Waals surface area contributed by atoms with Gasteiger partial charge in [-0.1, -0.05) is 11.6 Å². The predicted molar refractivity (Wildman–Crippen MR) is 47.3 cm³/mol. The Balaban J connectivity index is 3.37. The number of hydrogen-bond donors (Lipinski definition) is 1. The van der Waals surface area contributed by atoms with Crippen LogP contribution in [0.5, 0.6) is 0 Å². The summed E-state index contributed by atoms with van der Waals surface area (Å²) in [6, 6.07) is 2.77. The molecule has 0 saturated carbocycles. The third-order valence-corrected chi connectivity index (χ3v) is 1.80. The van der Waals surface area contributed by atoms with E-state index in [-0.39, 0.29) is 10.7 Å². The van der Waals surface area contributed by atoms with Crippen molar-refractivity contribution in [2.75, 3.05) is 5.73 Å². The maximum absolute atomic E-state index is 10.4. The monoisotopic (exact) mass is 186 g/mol. The first-order valence-electron chi connectivity index (χ1n) is 3.22. The molecule has 0 atom stereocenters. The lowest BCUT2D eigenvalue weighted by Crippen LogP contribution is -1.96. The number of hydrogen-bond acceptors (Lipinski definition) is 3. The Hall–Kier alpha value is -1.29. The molecular weight excluding hydrogens is 180 g/mol. The third-order valence-electron chi connectivity index (χ3n) is 1.58. The summed E-state index contributed by atoms with van der Waals surface area (Å²) in [6.45, 7) is 1.59. The summed E-state index contributed by atoms with van der Waals surface area (Å²) in [5, 5.41) is 10.7. The molecule has 0 unspecified atom stereocenters. The van der Waals surface area contributed by atoms with Gasteiger partial charge in [0.25, 0.3) is 5.69 Å². The first-order chi connectivity index (χ1) is 5.52. The summed E-state index contributed by atoms with van der Waals surface area (Å²) >= 11 is 5.58. The maximum atomic E-state index is 10.4. The normalized spacial score (nSPS) is 9.83. The molecule has 64 valence electrons. The summed E-state index contributed by atoms with van der Waals surface area (Å²) in [4.78, 5) is 9.92. The van der Waals surface area contributed by atoms with E-state index in [1.54, 1.807) is 6.92 Å². The molecule has 1 rings (SSSR count). The SMILES string of the molecule is Cc1c(N)cc(Cl)cc1[N+](=O)[O-]. The molecule has 1 aromatic rings. The molecule has 0 amide bonds. The Morgan fingerprint density at radius 3 is 2.67 bits per heavy atom. The molecule has 2 N–H and O–H groups in total. The van der Waals surface area contributed by atoms with Crippen molar-refractivity contribution in [2.24, 2.45) is 0 Å². The van der Waals surface area contributed by atoms with Crippen molar-refractivity contribution in [1.29, 1.82) is 0 Å². The molecular formula is C7H7ClN2O2. The van der Waals surface area contributed by atoms with Gasteiger partial charge >= 0.3 is 0 Å². The minimum absolute atomic E-state index is 0.0417. The van der Waals surface area contributed by atoms with E-state index in [2.05, 4.69) is 0 Å². The number of nitro benzene ring substituents is 1. The van der Waals surface area contributed by atoms with Gasteiger partial charge in [0.05, 0.1) is 4.92 Å². The molecule has 12 heavy (non-hydrogen) atoms. The summed E-state index contributed by atoms with van der Waals surface area (Å²) in [5.74, 6) is 0. The van der Waals surface area contributed by atoms with Crippen LogP contribution < -0.4 is 5.73 Å². The Labute approximate surface area is 74.1 Å². The molecule has 0 aliphatic carbocycles. The molecule has 0 bridgehead atoms. The molecule has 0 aliphatic rings. The standard InChI is InChI=1S/C7H7ClN2O2/c1-4-6(9)2-5(8)3-7(4)10(11)12/h2-3H,9H2,1H3. The van der Waals surface area contributed by atoms with Gasteiger partial charge < -0.3 is 5.73 Å². The van der Waals surface area contributed by atoms with Crippen LogP contribution in [0.4, 0.5) is 11.4 Å². The quantitative estimate of drug-likeness (QED) is 0.415. The average molecular weight is 187 g/mol. The first kappa shape index (κ1) is 8.80. The number of nitro groups is 1. The van der Waals surface area contributed by atoms with Crippen LogP contribution in [0.3, 0.4) is 0 Å². The number of nitrogens with zero attached hydrogens (tertiary/aromatic N) is 1. The van der Waals surface area contributed by atoms with Crippen molar-refractivity contribution >= 4 is 23.0 Å². The van der Waals surface area contributed by atoms with Crippen LogP contribution >= 0.6 is 11.6 Å². The third kappa shape index (κ3) is 1.48. The van der Waals surface area contributed by atoms with Gasteiger partial charge in [0.2, 0.25) is 0 Å². The smallest absolute Gasteiger partial charge is 0.275 e. The number of nitrogen functional groups attached to an aromatic ring is 1. The minimum Gasteiger partial charge on any atom is -0.398 e. The lowest BCUT2D eigenvalue weighted by Gasteiger charge is -2.01. The molecule has 0 saturated heterocycles. The van der Waals surface area contributed by atoms with Crippen molar-refractivity contribution in [3.8, 4) is 0 Å². The van der Waals surface area contributed by atoms with Crippen molar-refractivity contribution in [1.82, 2.24) is 0 Å². The van der Waals surface area contributed by atoms with Gasteiger partial charge in [0, 0.05) is 22.3 Å². The number of halogens is 1. The van der Waals surface area contributed by atoms with Crippen LogP contribution in [0.2, 0.25) is 5.02 Å². The lowest BCUT2D eigenvalue weighted by atomic mass is 10.1. The van der Waals surface area contributed by atoms with Crippen molar-refractivity contribution in [3.05, 3.63) is 32.8 Å². The highest BCUT2D eigenvalue weighted by molar-refractivity contribution is 6.31. The van der Waals surface area contributed by atoms with Gasteiger partial charge in [-0.25, -0.2) is 0 Å². The second-order valence-corrected chi connectivity index (χ2v) is 2.83. The molecule has 0 fully saturated rings. The molecule has 5 heteroatoms. The number of benzene rings is 1. The van der Waals surface area contributed by atoms with Crippen LogP contribution in [0.25, 0.3) is 0 Å². The van der Waals surface area contributed by atoms with Gasteiger partial charge in [-0.3, -0.25) is 10.1 Å². The van der Waals surface area contributed by atoms with Gasteiger partial charge in [-0.05, 0) is 13.0 Å². The van der Waals surface area contributed by atoms with Gasteiger partial charge in [0.15, 0.2) is 0 Å². The van der Waals surface area contributed by atoms with E-state index in [0.29, 0.717) is 11.3 Å². The molecule has 0 aromatic heterocycles. The maximum Gasteiger partial charge on any atom is 0.275 e. The Bertz CT molecular complexity index is 338. The second-order valence-electron chi connectivity index (χ2n) is 2.40. The van der Waals surface area contributed by atoms with Crippen LogP contribution in [0.1, 0.15) is 5.56 Å². The largest absolute Gasteiger partial charge is 0.398 e. The summed E-state index contributed by atoms with van der Waals surface area (Å²) in [5.41, 5.74) is 6.22. The zero-order chi connectivity index (χ0) is 9.30. The Kier molecular flexibility index (Phi) is 2.19. The van der Waals surface area contributed by atoms with Gasteiger partial charge in [0.1, 0.15) is 0 Å². The van der Waals surface area contributed by atoms with Crippen molar-refractivity contribution in [3.63, 3.8) is 0 Å². The summed E-state index contributed by atoms with van der Waals surface area (Å²) < 4.78 is 0. The van der Waals surface area contributed by atoms with E-state index in [9.17, 15) is 10.1 Å². The highest BCUT2D eigenvalue weighted by Crippen LogP contribution is 2.27. The zero-order valence-corrected chi connectivity index (χ0v) is 7.13. The molecule has 0 spiro atoms. The van der Waals surface area contributed by atoms with E-state index in [4.69, 9.17) is 17.3 Å². The van der Waals surface area contributed by atoms with Crippen LogP contribution in [-0.2, 0) is 0 Å². The van der Waals surface area contributed by atoms with E-state index in [1.165, 1.54) is 12.1 Å². The molecule has 1 aromatic carbocycles. The van der Waals surface area contributed by atoms with Crippen LogP contribution in [-0.4, -0.2) is 4.92 Å². The van der Waals surface area contributed by atoms with E-state index in [0.717, 1.165) is 0 Å². The van der Waals surface area contributed by atoms with Crippen molar-refractivity contribution in [2.45, 2.75) is 6.92 Å². The number of rotatable bonds is 1. The summed E-state index contributed by atoms with van der Waals surface area (Å²) in [7, 11) is 0. The highest BCUT2D eigenvalue weighted by Gasteiger charge is 2.13. The fourth-order valence-electron chi connectivity index (χ4n) is 0.875. The lowest BCUT2D eigenvalue weighted by molar-refractivity contribution is -0.385. The Morgan fingerprint density at radius 1 is 1.58 bits per heavy atom. The van der Waals surface area contributed by atoms with Gasteiger partial charge in [-0.15, -0.1) is 0 Å². The first-order valence-corrected chi connectivity index (χ1v) is 3.60. The topological polar surface area (TPSA) is 69.2 Å². The minimum atomic E-state index is -0.502. The van der Waals surface area contributed by atoms with E-state index in [1.807, 2.05) is 0 Å². The molecule has 0 heterocycles. The van der Waals surface area contributed by atoms with Crippen LogP contribution in [0, 0.1) is 17.0 Å². The second kappa shape index (κ2) is 2.98. The van der Waals surface area contributed by atoms with Gasteiger partial charge in [-0.2, -0.15) is 0 Å². The number of anilines is 1. The van der Waals surface area contributed by atoms with Crippen molar-refractivity contribution < 1.29 is 4.92 Å². The van der Waals surface area contributed by atoms with Crippen LogP contribution in [0.15, 0.2) is 12.1 Å². The zero-order valence-electron chi connectivity index (χ0n) is 6.37. The fraction of sp³-hybridized carbons (Fsp3) is 0.143. The molecule has 0 radical (unpaired) electrons. The average Bonchev–Trinajstić information content (AvgIpc) is 1.96. The number of nitrogens with two attached hydrogens (primary N) is 1. The summed E-state index contributed by atoms with van der Waals surface area (Å²) in [6.07, 6.45) is 0. The fourth-order valence-corrected chi connectivity index (χ4v) is 1.10. The Morgan fingerprint density at radius 2 is 2.17 bits per heavy atom. The van der Waals surface area contributed by atoms with E-state index < -0.39 is 4.92 Å². The predicted octanol–water partition coefficient (Wildman–Crippen LogP) is 2.14. The molecule has 0 aliphatic heterocycles. The molecule has 4 nitrogen and oxygen atoms in total. The highest BCUT2D eigenvalue weighted by atomic mass is 35.5.